The van der Waals surface area contributed by atoms with Crippen molar-refractivity contribution in [3.8, 4) is 5.75 Å². The molecule has 1 heterocycles. The summed E-state index contributed by atoms with van der Waals surface area (Å²) in [6.45, 7) is 2.04. The van der Waals surface area contributed by atoms with Gasteiger partial charge in [-0.1, -0.05) is 12.1 Å². The van der Waals surface area contributed by atoms with Gasteiger partial charge in [0.15, 0.2) is 0 Å². The minimum atomic E-state index is 0.0319. The van der Waals surface area contributed by atoms with Crippen LogP contribution in [0.1, 0.15) is 36.3 Å². The summed E-state index contributed by atoms with van der Waals surface area (Å²) in [6.07, 6.45) is 4.55. The van der Waals surface area contributed by atoms with Gasteiger partial charge in [0, 0.05) is 6.42 Å². The predicted octanol–water partition coefficient (Wildman–Crippen LogP) is 4.68. The Labute approximate surface area is 150 Å². The van der Waals surface area contributed by atoms with Gasteiger partial charge in [0.25, 0.3) is 0 Å². The average molecular weight is 389 g/mol. The number of nitrogens with zero attached hydrogens (tertiary/aromatic N) is 1. The standard InChI is InChI=1S/C19H21BrN2O2/c1-12-9-14(5-7-17(12)24-2)16(13-3-4-13)10-19(23)22-15-6-8-18(20)21-11-15/h5-9,11,13,16H,3-4,10H2,1-2H3,(H,22,23). The van der Waals surface area contributed by atoms with E-state index in [4.69, 9.17) is 4.74 Å². The van der Waals surface area contributed by atoms with E-state index < -0.39 is 0 Å². The fourth-order valence-corrected chi connectivity index (χ4v) is 3.28. The third-order valence-corrected chi connectivity index (χ3v) is 4.92. The molecule has 2 aromatic rings. The largest absolute Gasteiger partial charge is 0.496 e. The van der Waals surface area contributed by atoms with Crippen molar-refractivity contribution in [1.29, 1.82) is 0 Å². The second kappa shape index (κ2) is 7.34. The number of halogens is 1. The molecule has 5 heteroatoms. The molecule has 1 saturated carbocycles. The van der Waals surface area contributed by atoms with Crippen LogP contribution in [-0.4, -0.2) is 18.0 Å². The molecule has 1 aliphatic rings. The van der Waals surface area contributed by atoms with Crippen molar-refractivity contribution in [3.05, 3.63) is 52.3 Å². The van der Waals surface area contributed by atoms with E-state index in [0.29, 0.717) is 12.3 Å². The highest BCUT2D eigenvalue weighted by atomic mass is 79.9. The average Bonchev–Trinajstić information content (AvgIpc) is 3.39. The smallest absolute Gasteiger partial charge is 0.225 e. The highest BCUT2D eigenvalue weighted by Gasteiger charge is 2.33. The number of benzene rings is 1. The van der Waals surface area contributed by atoms with Crippen molar-refractivity contribution < 1.29 is 9.53 Å². The molecule has 3 rings (SSSR count). The Morgan fingerprint density at radius 3 is 2.75 bits per heavy atom. The number of amides is 1. The van der Waals surface area contributed by atoms with Gasteiger partial charge in [0.05, 0.1) is 19.0 Å². The molecule has 0 aliphatic heterocycles. The molecule has 0 bridgehead atoms. The van der Waals surface area contributed by atoms with Crippen molar-refractivity contribution in [2.45, 2.75) is 32.1 Å². The maximum atomic E-state index is 12.4. The molecule has 1 aromatic heterocycles. The summed E-state index contributed by atoms with van der Waals surface area (Å²) in [4.78, 5) is 16.6. The molecule has 1 fully saturated rings. The van der Waals surface area contributed by atoms with Crippen molar-refractivity contribution >= 4 is 27.5 Å². The van der Waals surface area contributed by atoms with Crippen LogP contribution in [0.15, 0.2) is 41.1 Å². The van der Waals surface area contributed by atoms with E-state index in [1.807, 2.05) is 25.1 Å². The van der Waals surface area contributed by atoms with Crippen LogP contribution in [0.2, 0.25) is 0 Å². The first-order valence-corrected chi connectivity index (χ1v) is 8.92. The summed E-state index contributed by atoms with van der Waals surface area (Å²) in [5.74, 6) is 1.78. The number of carbonyl (C=O) groups is 1. The van der Waals surface area contributed by atoms with Gasteiger partial charge in [-0.05, 0) is 76.9 Å². The number of ether oxygens (including phenoxy) is 1. The Morgan fingerprint density at radius 2 is 2.17 bits per heavy atom. The summed E-state index contributed by atoms with van der Waals surface area (Å²) in [5, 5.41) is 2.94. The van der Waals surface area contributed by atoms with Crippen LogP contribution in [0.5, 0.6) is 5.75 Å². The maximum absolute atomic E-state index is 12.4. The van der Waals surface area contributed by atoms with Crippen LogP contribution >= 0.6 is 15.9 Å². The number of rotatable bonds is 6. The molecular formula is C19H21BrN2O2. The zero-order valence-electron chi connectivity index (χ0n) is 13.9. The lowest BCUT2D eigenvalue weighted by Crippen LogP contribution is -2.17. The van der Waals surface area contributed by atoms with E-state index >= 15 is 0 Å². The second-order valence-corrected chi connectivity index (χ2v) is 7.11. The minimum absolute atomic E-state index is 0.0319. The fraction of sp³-hybridized carbons (Fsp3) is 0.368. The van der Waals surface area contributed by atoms with E-state index in [2.05, 4.69) is 38.4 Å². The van der Waals surface area contributed by atoms with Crippen LogP contribution in [0, 0.1) is 12.8 Å². The number of hydrogen-bond acceptors (Lipinski definition) is 3. The quantitative estimate of drug-likeness (QED) is 0.730. The molecule has 126 valence electrons. The zero-order chi connectivity index (χ0) is 17.1. The Morgan fingerprint density at radius 1 is 1.38 bits per heavy atom. The van der Waals surface area contributed by atoms with Crippen LogP contribution < -0.4 is 10.1 Å². The molecule has 1 aromatic carbocycles. The molecule has 1 unspecified atom stereocenters. The van der Waals surface area contributed by atoms with Crippen molar-refractivity contribution in [2.75, 3.05) is 12.4 Å². The van der Waals surface area contributed by atoms with Gasteiger partial charge in [-0.2, -0.15) is 0 Å². The zero-order valence-corrected chi connectivity index (χ0v) is 15.5. The molecule has 1 N–H and O–H groups in total. The minimum Gasteiger partial charge on any atom is -0.496 e. The Kier molecular flexibility index (Phi) is 5.19. The van der Waals surface area contributed by atoms with Gasteiger partial charge < -0.3 is 10.1 Å². The SMILES string of the molecule is COc1ccc(C(CC(=O)Nc2ccc(Br)nc2)C2CC2)cc1C. The van der Waals surface area contributed by atoms with Gasteiger partial charge in [-0.3, -0.25) is 4.79 Å². The highest BCUT2D eigenvalue weighted by Crippen LogP contribution is 2.45. The number of pyridine rings is 1. The molecule has 1 atom stereocenters. The van der Waals surface area contributed by atoms with E-state index in [1.165, 1.54) is 18.4 Å². The first kappa shape index (κ1) is 17.0. The van der Waals surface area contributed by atoms with E-state index in [9.17, 15) is 4.79 Å². The lowest BCUT2D eigenvalue weighted by molar-refractivity contribution is -0.116. The maximum Gasteiger partial charge on any atom is 0.225 e. The summed E-state index contributed by atoms with van der Waals surface area (Å²) < 4.78 is 6.09. The number of aromatic nitrogens is 1. The number of carbonyl (C=O) groups excluding carboxylic acids is 1. The summed E-state index contributed by atoms with van der Waals surface area (Å²) >= 11 is 3.29. The molecular weight excluding hydrogens is 368 g/mol. The lowest BCUT2D eigenvalue weighted by Gasteiger charge is -2.18. The Hall–Kier alpha value is -1.88. The van der Waals surface area contributed by atoms with E-state index in [1.54, 1.807) is 13.3 Å². The molecule has 24 heavy (non-hydrogen) atoms. The first-order chi connectivity index (χ1) is 11.6. The summed E-state index contributed by atoms with van der Waals surface area (Å²) in [5.41, 5.74) is 3.06. The number of nitrogens with one attached hydrogen (secondary N) is 1. The molecule has 0 spiro atoms. The second-order valence-electron chi connectivity index (χ2n) is 6.29. The van der Waals surface area contributed by atoms with Crippen molar-refractivity contribution in [2.24, 2.45) is 5.92 Å². The van der Waals surface area contributed by atoms with Gasteiger partial charge >= 0.3 is 0 Å². The normalized spacial score (nSPS) is 15.0. The van der Waals surface area contributed by atoms with Gasteiger partial charge in [0.2, 0.25) is 5.91 Å². The van der Waals surface area contributed by atoms with Crippen LogP contribution in [0.25, 0.3) is 0 Å². The van der Waals surface area contributed by atoms with Crippen LogP contribution in [0.4, 0.5) is 5.69 Å². The van der Waals surface area contributed by atoms with Gasteiger partial charge in [-0.15, -0.1) is 0 Å². The summed E-state index contributed by atoms with van der Waals surface area (Å²) in [7, 11) is 1.68. The lowest BCUT2D eigenvalue weighted by atomic mass is 9.89. The van der Waals surface area contributed by atoms with Crippen LogP contribution in [0.3, 0.4) is 0 Å². The van der Waals surface area contributed by atoms with Gasteiger partial charge in [0.1, 0.15) is 10.4 Å². The Bertz CT molecular complexity index is 727. The van der Waals surface area contributed by atoms with Crippen molar-refractivity contribution in [3.63, 3.8) is 0 Å². The molecule has 1 aliphatic carbocycles. The molecule has 0 radical (unpaired) electrons. The summed E-state index contributed by atoms with van der Waals surface area (Å²) in [6, 6.07) is 9.90. The monoisotopic (exact) mass is 388 g/mol. The third kappa shape index (κ3) is 4.15. The predicted molar refractivity (Wildman–Crippen MR) is 98.4 cm³/mol. The molecule has 1 amide bonds. The van der Waals surface area contributed by atoms with Crippen LogP contribution in [-0.2, 0) is 4.79 Å². The number of methoxy groups -OCH3 is 1. The number of aryl methyl sites for hydroxylation is 1. The highest BCUT2D eigenvalue weighted by molar-refractivity contribution is 9.10. The fourth-order valence-electron chi connectivity index (χ4n) is 3.05. The van der Waals surface area contributed by atoms with E-state index in [0.717, 1.165) is 21.6 Å². The first-order valence-electron chi connectivity index (χ1n) is 8.12. The number of hydrogen-bond donors (Lipinski definition) is 1. The van der Waals surface area contributed by atoms with Crippen molar-refractivity contribution in [1.82, 2.24) is 4.98 Å². The topological polar surface area (TPSA) is 51.2 Å². The van der Waals surface area contributed by atoms with E-state index in [-0.39, 0.29) is 11.8 Å². The Balaban J connectivity index is 1.71. The molecule has 4 nitrogen and oxygen atoms in total. The third-order valence-electron chi connectivity index (χ3n) is 4.45. The van der Waals surface area contributed by atoms with Gasteiger partial charge in [-0.25, -0.2) is 4.98 Å². The molecule has 0 saturated heterocycles. The number of anilines is 1.